The van der Waals surface area contributed by atoms with Gasteiger partial charge in [-0.25, -0.2) is 9.97 Å². The zero-order chi connectivity index (χ0) is 19.3. The number of rotatable bonds is 2. The van der Waals surface area contributed by atoms with Gasteiger partial charge in [-0.2, -0.15) is 0 Å². The minimum atomic E-state index is -2.42. The van der Waals surface area contributed by atoms with Crippen molar-refractivity contribution < 1.29 is 13.0 Å². The van der Waals surface area contributed by atoms with E-state index in [4.69, 9.17) is 13.0 Å². The first-order valence-corrected chi connectivity index (χ1v) is 7.28. The SMILES string of the molecule is [2H]N1c2ncc(Br)nc2N(C2CCC(OC([2H])([2H])[2H])CC2)C(=C)C1([2H])[2H]. The molecule has 1 aromatic rings. The summed E-state index contributed by atoms with van der Waals surface area (Å²) < 4.78 is 51.8. The fourth-order valence-electron chi connectivity index (χ4n) is 2.71. The van der Waals surface area contributed by atoms with Crippen LogP contribution in [-0.4, -0.2) is 35.6 Å². The van der Waals surface area contributed by atoms with Crippen molar-refractivity contribution in [1.82, 2.24) is 9.97 Å². The maximum atomic E-state index is 8.21. The summed E-state index contributed by atoms with van der Waals surface area (Å²) in [4.78, 5) is 10.2. The van der Waals surface area contributed by atoms with Crippen LogP contribution in [0.4, 0.5) is 11.6 Å². The Morgan fingerprint density at radius 3 is 3.15 bits per heavy atom. The molecule has 0 unspecified atom stereocenters. The van der Waals surface area contributed by atoms with Crippen molar-refractivity contribution in [2.24, 2.45) is 0 Å². The minimum absolute atomic E-state index is 0.117. The van der Waals surface area contributed by atoms with E-state index in [1.807, 2.05) is 0 Å². The monoisotopic (exact) mass is 344 g/mol. The molecular weight excluding hydrogens is 320 g/mol. The van der Waals surface area contributed by atoms with Gasteiger partial charge in [-0.15, -0.1) is 0 Å². The van der Waals surface area contributed by atoms with Gasteiger partial charge in [-0.05, 0) is 41.6 Å². The Morgan fingerprint density at radius 1 is 1.60 bits per heavy atom. The molecule has 1 fully saturated rings. The van der Waals surface area contributed by atoms with Gasteiger partial charge in [0.25, 0.3) is 0 Å². The highest BCUT2D eigenvalue weighted by Crippen LogP contribution is 2.36. The van der Waals surface area contributed by atoms with E-state index in [1.54, 1.807) is 4.90 Å². The maximum Gasteiger partial charge on any atom is 0.177 e. The van der Waals surface area contributed by atoms with Gasteiger partial charge in [-0.3, -0.25) is 0 Å². The van der Waals surface area contributed by atoms with E-state index in [0.717, 1.165) is 0 Å². The van der Waals surface area contributed by atoms with Crippen LogP contribution < -0.4 is 10.2 Å². The van der Waals surface area contributed by atoms with E-state index in [1.165, 1.54) is 6.20 Å². The number of halogens is 1. The van der Waals surface area contributed by atoms with Crippen molar-refractivity contribution in [2.45, 2.75) is 37.8 Å². The summed E-state index contributed by atoms with van der Waals surface area (Å²) in [6.07, 6.45) is 3.34. The molecular formula is C14H19BrN4O. The number of hydrogen-bond acceptors (Lipinski definition) is 5. The zero-order valence-electron chi connectivity index (χ0n) is 16.8. The Bertz CT molecular complexity index is 707. The molecule has 0 aromatic carbocycles. The highest BCUT2D eigenvalue weighted by Gasteiger charge is 2.32. The van der Waals surface area contributed by atoms with Gasteiger partial charge in [-0.1, -0.05) is 6.58 Å². The zero-order valence-corrected chi connectivity index (χ0v) is 12.4. The Labute approximate surface area is 136 Å². The average Bonchev–Trinajstić information content (AvgIpc) is 2.53. The number of hydrogen-bond donors (Lipinski definition) is 1. The molecule has 1 aliphatic carbocycles. The van der Waals surface area contributed by atoms with E-state index in [9.17, 15) is 0 Å². The van der Waals surface area contributed by atoms with E-state index < -0.39 is 13.5 Å². The third-order valence-corrected chi connectivity index (χ3v) is 4.07. The normalized spacial score (nSPS) is 34.1. The topological polar surface area (TPSA) is 50.3 Å². The maximum absolute atomic E-state index is 8.21. The van der Waals surface area contributed by atoms with Crippen LogP contribution in [0.5, 0.6) is 0 Å². The van der Waals surface area contributed by atoms with Crippen molar-refractivity contribution >= 4 is 27.6 Å². The highest BCUT2D eigenvalue weighted by atomic mass is 79.9. The third-order valence-electron chi connectivity index (χ3n) is 3.69. The van der Waals surface area contributed by atoms with Crippen LogP contribution in [0, 0.1) is 0 Å². The van der Waals surface area contributed by atoms with Crippen LogP contribution >= 0.6 is 15.9 Å². The minimum Gasteiger partial charge on any atom is -0.381 e. The molecule has 0 amide bonds. The number of nitrogens with zero attached hydrogens (tertiary/aromatic N) is 3. The lowest BCUT2D eigenvalue weighted by Crippen LogP contribution is -2.43. The molecule has 0 spiro atoms. The molecule has 2 heterocycles. The second-order valence-corrected chi connectivity index (χ2v) is 5.74. The van der Waals surface area contributed by atoms with Gasteiger partial charge in [0.2, 0.25) is 0 Å². The fraction of sp³-hybridized carbons (Fsp3) is 0.571. The molecule has 1 saturated carbocycles. The predicted octanol–water partition coefficient (Wildman–Crippen LogP) is 2.94. The summed E-state index contributed by atoms with van der Waals surface area (Å²) in [5, 5.41) is 0.685. The number of nitrogens with one attached hydrogen (secondary N) is 1. The summed E-state index contributed by atoms with van der Waals surface area (Å²) in [6.45, 7) is 1.74. The molecule has 0 bridgehead atoms. The number of anilines is 2. The van der Waals surface area contributed by atoms with Crippen molar-refractivity contribution in [1.29, 1.82) is 0 Å². The lowest BCUT2D eigenvalue weighted by Gasteiger charge is -2.41. The van der Waals surface area contributed by atoms with Crippen molar-refractivity contribution in [3.05, 3.63) is 23.1 Å². The van der Waals surface area contributed by atoms with Gasteiger partial charge in [0.15, 0.2) is 13.0 Å². The molecule has 108 valence electrons. The highest BCUT2D eigenvalue weighted by molar-refractivity contribution is 9.10. The average molecular weight is 345 g/mol. The van der Waals surface area contributed by atoms with Crippen LogP contribution in [0.1, 0.15) is 32.5 Å². The Kier molecular flexibility index (Phi) is 2.37. The molecule has 1 aliphatic heterocycles. The lowest BCUT2D eigenvalue weighted by molar-refractivity contribution is 0.0660. The molecule has 5 nitrogen and oxygen atoms in total. The largest absolute Gasteiger partial charge is 0.381 e. The number of fused-ring (bicyclic) bond motifs is 1. The van der Waals surface area contributed by atoms with E-state index >= 15 is 0 Å². The van der Waals surface area contributed by atoms with Gasteiger partial charge < -0.3 is 14.9 Å². The molecule has 1 N–H and O–H groups in total. The Hall–Kier alpha value is -1.14. The van der Waals surface area contributed by atoms with Crippen LogP contribution in [0.3, 0.4) is 0 Å². The van der Waals surface area contributed by atoms with Crippen molar-refractivity contribution in [2.75, 3.05) is 23.7 Å². The second kappa shape index (κ2) is 5.69. The van der Waals surface area contributed by atoms with Crippen LogP contribution in [0.15, 0.2) is 23.1 Å². The van der Waals surface area contributed by atoms with E-state index in [2.05, 4.69) is 32.5 Å². The van der Waals surface area contributed by atoms with Crippen molar-refractivity contribution in [3.63, 3.8) is 0 Å². The smallest absolute Gasteiger partial charge is 0.177 e. The van der Waals surface area contributed by atoms with Crippen LogP contribution in [0.2, 0.25) is 1.41 Å². The number of aromatic nitrogens is 2. The molecule has 0 saturated heterocycles. The van der Waals surface area contributed by atoms with Gasteiger partial charge >= 0.3 is 0 Å². The summed E-state index contributed by atoms with van der Waals surface area (Å²) in [6, 6.07) is -0.120. The van der Waals surface area contributed by atoms with Crippen LogP contribution in [0.25, 0.3) is 0 Å². The molecule has 2 aliphatic rings. The first-order valence-electron chi connectivity index (χ1n) is 9.43. The number of methoxy groups -OCH3 is 1. The molecule has 3 rings (SSSR count). The van der Waals surface area contributed by atoms with Crippen LogP contribution in [-0.2, 0) is 4.74 Å². The fourth-order valence-corrected chi connectivity index (χ4v) is 2.98. The molecule has 0 atom stereocenters. The predicted molar refractivity (Wildman–Crippen MR) is 82.9 cm³/mol. The first-order chi connectivity index (χ1) is 12.0. The number of ether oxygens (including phenoxy) is 1. The molecule has 0 radical (unpaired) electrons. The summed E-state index contributed by atoms with van der Waals surface area (Å²) in [5.41, 5.74) is 0.118. The summed E-state index contributed by atoms with van der Waals surface area (Å²) in [5.74, 6) is 0.487. The molecule has 20 heavy (non-hydrogen) atoms. The lowest BCUT2D eigenvalue weighted by atomic mass is 9.91. The second-order valence-electron chi connectivity index (χ2n) is 4.93. The summed E-state index contributed by atoms with van der Waals surface area (Å²) in [7, 11) is -2.42. The Morgan fingerprint density at radius 2 is 2.40 bits per heavy atom. The van der Waals surface area contributed by atoms with Gasteiger partial charge in [0.05, 0.1) is 25.7 Å². The molecule has 6 heteroatoms. The Balaban J connectivity index is 1.87. The van der Waals surface area contributed by atoms with Crippen molar-refractivity contribution in [3.8, 4) is 0 Å². The standard InChI is InChI=1S/C14H19BrN4O/c1-9-7-16-13-14(18-12(15)8-17-13)19(9)10-3-5-11(20-2)6-4-10/h8,10-11H,1,3-7H2,2H3,(H,16,17)/i2D3,7D2/hD. The van der Waals surface area contributed by atoms with E-state index in [-0.39, 0.29) is 23.7 Å². The van der Waals surface area contributed by atoms with E-state index in [0.29, 0.717) is 41.4 Å². The molecule has 1 aromatic heterocycles. The quantitative estimate of drug-likeness (QED) is 0.893. The third kappa shape index (κ3) is 2.54. The summed E-state index contributed by atoms with van der Waals surface area (Å²) >= 11 is 3.27. The van der Waals surface area contributed by atoms with Gasteiger partial charge in [0.1, 0.15) is 4.60 Å². The van der Waals surface area contributed by atoms with Gasteiger partial charge in [0, 0.05) is 18.8 Å². The first kappa shape index (κ1) is 8.34.